The van der Waals surface area contributed by atoms with E-state index in [1.54, 1.807) is 0 Å². The van der Waals surface area contributed by atoms with E-state index < -0.39 is 9.76 Å². The Kier molecular flexibility index (Phi) is 4.19. The quantitative estimate of drug-likeness (QED) is 0.362. The summed E-state index contributed by atoms with van der Waals surface area (Å²) in [5, 5.41) is 0. The monoisotopic (exact) mass is 280 g/mol. The first-order valence-corrected chi connectivity index (χ1v) is 5.34. The Morgan fingerprint density at radius 2 is 1.62 bits per heavy atom. The van der Waals surface area contributed by atoms with Crippen LogP contribution in [0.1, 0.15) is 17.3 Å². The molecule has 16 heavy (non-hydrogen) atoms. The maximum absolute atomic E-state index is 11.2. The van der Waals surface area contributed by atoms with Gasteiger partial charge in [-0.05, 0) is 31.2 Å². The Hall–Kier alpha value is -0.770. The van der Waals surface area contributed by atoms with Crippen molar-refractivity contribution in [2.75, 3.05) is 0 Å². The van der Waals surface area contributed by atoms with Crippen LogP contribution in [0.3, 0.4) is 0 Å². The summed E-state index contributed by atoms with van der Waals surface area (Å²) in [4.78, 5) is 22.1. The van der Waals surface area contributed by atoms with Gasteiger partial charge in [0, 0.05) is 5.56 Å². The van der Waals surface area contributed by atoms with Crippen molar-refractivity contribution in [2.45, 2.75) is 10.7 Å². The van der Waals surface area contributed by atoms with Crippen LogP contribution in [0.25, 0.3) is 0 Å². The highest BCUT2D eigenvalue weighted by Crippen LogP contribution is 2.28. The summed E-state index contributed by atoms with van der Waals surface area (Å²) in [7, 11) is 0. The second kappa shape index (κ2) is 5.04. The van der Waals surface area contributed by atoms with Crippen molar-refractivity contribution in [2.24, 2.45) is 0 Å². The number of hydrogen-bond acceptors (Lipinski definition) is 3. The molecule has 0 heterocycles. The zero-order valence-electron chi connectivity index (χ0n) is 8.17. The molecule has 0 unspecified atom stereocenters. The van der Waals surface area contributed by atoms with Gasteiger partial charge in [0.05, 0.1) is 0 Å². The molecule has 0 aliphatic heterocycles. The fraction of sp³-hybridized carbons (Fsp3) is 0.200. The van der Waals surface area contributed by atoms with E-state index in [-0.39, 0.29) is 11.5 Å². The predicted octanol–water partition coefficient (Wildman–Crippen LogP) is 3.16. The molecule has 0 bridgehead atoms. The second-order valence-corrected chi connectivity index (χ2v) is 5.25. The molecule has 0 fully saturated rings. The van der Waals surface area contributed by atoms with Crippen molar-refractivity contribution >= 4 is 46.6 Å². The van der Waals surface area contributed by atoms with Gasteiger partial charge in [-0.25, -0.2) is 4.79 Å². The molecule has 0 aliphatic rings. The van der Waals surface area contributed by atoms with Crippen LogP contribution >= 0.6 is 34.8 Å². The van der Waals surface area contributed by atoms with Gasteiger partial charge in [0.15, 0.2) is 5.78 Å². The van der Waals surface area contributed by atoms with Gasteiger partial charge in [-0.2, -0.15) is 0 Å². The van der Waals surface area contributed by atoms with E-state index in [1.807, 2.05) is 0 Å². The number of Topliss-reactive ketones (excluding diaryl/α,β-unsaturated/α-hetero) is 1. The molecule has 6 heteroatoms. The lowest BCUT2D eigenvalue weighted by molar-refractivity contribution is -0.133. The summed E-state index contributed by atoms with van der Waals surface area (Å²) in [5.74, 6) is -0.867. The van der Waals surface area contributed by atoms with Crippen molar-refractivity contribution in [3.63, 3.8) is 0 Å². The Morgan fingerprint density at radius 3 is 2.00 bits per heavy atom. The van der Waals surface area contributed by atoms with Gasteiger partial charge < -0.3 is 4.74 Å². The van der Waals surface area contributed by atoms with Crippen molar-refractivity contribution < 1.29 is 14.3 Å². The summed E-state index contributed by atoms with van der Waals surface area (Å²) in [6.45, 7) is 1.43. The van der Waals surface area contributed by atoms with Gasteiger partial charge in [-0.1, -0.05) is 34.8 Å². The van der Waals surface area contributed by atoms with E-state index in [4.69, 9.17) is 39.5 Å². The van der Waals surface area contributed by atoms with Crippen molar-refractivity contribution in [1.29, 1.82) is 0 Å². The minimum absolute atomic E-state index is 0.0840. The van der Waals surface area contributed by atoms with Crippen LogP contribution in [0.5, 0.6) is 5.75 Å². The molecule has 0 N–H and O–H groups in total. The first-order valence-electron chi connectivity index (χ1n) is 4.20. The van der Waals surface area contributed by atoms with Gasteiger partial charge in [-0.3, -0.25) is 4.79 Å². The van der Waals surface area contributed by atoms with E-state index in [0.29, 0.717) is 5.56 Å². The third-order valence-corrected chi connectivity index (χ3v) is 2.17. The summed E-state index contributed by atoms with van der Waals surface area (Å²) in [6, 6.07) is 5.93. The molecule has 0 aliphatic carbocycles. The van der Waals surface area contributed by atoms with Crippen molar-refractivity contribution in [3.05, 3.63) is 29.8 Å². The number of ether oxygens (including phenoxy) is 1. The average Bonchev–Trinajstić information content (AvgIpc) is 2.17. The first kappa shape index (κ1) is 13.3. The van der Waals surface area contributed by atoms with E-state index in [2.05, 4.69) is 0 Å². The highest BCUT2D eigenvalue weighted by atomic mass is 35.6. The van der Waals surface area contributed by atoms with Crippen LogP contribution in [0, 0.1) is 0 Å². The van der Waals surface area contributed by atoms with Crippen LogP contribution in [0.15, 0.2) is 24.3 Å². The number of carbonyl (C=O) groups excluding carboxylic acids is 2. The number of carbonyl (C=O) groups is 2. The molecule has 0 amide bonds. The minimum atomic E-state index is -2.11. The molecular weight excluding hydrogens is 274 g/mol. The van der Waals surface area contributed by atoms with E-state index in [1.165, 1.54) is 31.2 Å². The number of alkyl halides is 3. The molecule has 0 radical (unpaired) electrons. The normalized spacial score (nSPS) is 11.0. The molecule has 3 nitrogen and oxygen atoms in total. The number of benzene rings is 1. The predicted molar refractivity (Wildman–Crippen MR) is 62.4 cm³/mol. The van der Waals surface area contributed by atoms with E-state index in [0.717, 1.165) is 0 Å². The Labute approximate surface area is 107 Å². The molecule has 0 saturated carbocycles. The number of rotatable bonds is 2. The fourth-order valence-electron chi connectivity index (χ4n) is 0.923. The molecule has 0 aromatic heterocycles. The summed E-state index contributed by atoms with van der Waals surface area (Å²) >= 11 is 16.0. The van der Waals surface area contributed by atoms with Gasteiger partial charge in [0.1, 0.15) is 5.75 Å². The molecule has 0 atom stereocenters. The molecule has 1 aromatic carbocycles. The lowest BCUT2D eigenvalue weighted by atomic mass is 10.1. The molecule has 86 valence electrons. The van der Waals surface area contributed by atoms with Crippen molar-refractivity contribution in [1.82, 2.24) is 0 Å². The average molecular weight is 282 g/mol. The fourth-order valence-corrected chi connectivity index (χ4v) is 1.04. The topological polar surface area (TPSA) is 43.4 Å². The highest BCUT2D eigenvalue weighted by molar-refractivity contribution is 6.75. The molecule has 1 aromatic rings. The Morgan fingerprint density at radius 1 is 1.12 bits per heavy atom. The van der Waals surface area contributed by atoms with E-state index >= 15 is 0 Å². The lowest BCUT2D eigenvalue weighted by Gasteiger charge is -2.10. The van der Waals surface area contributed by atoms with Crippen LogP contribution < -0.4 is 4.74 Å². The molecule has 0 spiro atoms. The first-order chi connectivity index (χ1) is 7.30. The third-order valence-electron chi connectivity index (χ3n) is 1.70. The molecule has 1 rings (SSSR count). The van der Waals surface area contributed by atoms with Gasteiger partial charge in [-0.15, -0.1) is 0 Å². The SMILES string of the molecule is CC(=O)c1ccc(OC(=O)C(Cl)(Cl)Cl)cc1. The number of ketones is 1. The summed E-state index contributed by atoms with van der Waals surface area (Å²) < 4.78 is 2.66. The third kappa shape index (κ3) is 3.67. The van der Waals surface area contributed by atoms with Crippen LogP contribution in [0.2, 0.25) is 0 Å². The standard InChI is InChI=1S/C10H7Cl3O3/c1-6(14)7-2-4-8(5-3-7)16-9(15)10(11,12)13/h2-5H,1H3. The van der Waals surface area contributed by atoms with Crippen molar-refractivity contribution in [3.8, 4) is 5.75 Å². The summed E-state index contributed by atoms with van der Waals surface area (Å²) in [6.07, 6.45) is 0. The van der Waals surface area contributed by atoms with Gasteiger partial charge >= 0.3 is 5.97 Å². The van der Waals surface area contributed by atoms with Crippen LogP contribution in [-0.2, 0) is 4.79 Å². The van der Waals surface area contributed by atoms with Crippen LogP contribution in [-0.4, -0.2) is 15.5 Å². The highest BCUT2D eigenvalue weighted by Gasteiger charge is 2.33. The lowest BCUT2D eigenvalue weighted by Crippen LogP contribution is -2.24. The number of halogens is 3. The zero-order chi connectivity index (χ0) is 12.3. The Balaban J connectivity index is 2.77. The smallest absolute Gasteiger partial charge is 0.363 e. The number of hydrogen-bond donors (Lipinski definition) is 0. The molecule has 0 saturated heterocycles. The maximum Gasteiger partial charge on any atom is 0.363 e. The van der Waals surface area contributed by atoms with Crippen LogP contribution in [0.4, 0.5) is 0 Å². The number of esters is 1. The maximum atomic E-state index is 11.2. The van der Waals surface area contributed by atoms with E-state index in [9.17, 15) is 9.59 Å². The zero-order valence-corrected chi connectivity index (χ0v) is 10.4. The molecular formula is C10H7Cl3O3. The minimum Gasteiger partial charge on any atom is -0.423 e. The van der Waals surface area contributed by atoms with Gasteiger partial charge in [0.25, 0.3) is 3.79 Å². The largest absolute Gasteiger partial charge is 0.423 e. The second-order valence-electron chi connectivity index (χ2n) is 2.97. The summed E-state index contributed by atoms with van der Waals surface area (Å²) in [5.41, 5.74) is 0.508. The van der Waals surface area contributed by atoms with Gasteiger partial charge in [0.2, 0.25) is 0 Å². The Bertz CT molecular complexity index is 406.